The Hall–Kier alpha value is -1.33. The number of nitrogens with two attached hydrogens (primary N) is 1. The lowest BCUT2D eigenvalue weighted by molar-refractivity contribution is 0.0594. The van der Waals surface area contributed by atoms with Crippen LogP contribution in [0.3, 0.4) is 0 Å². The maximum atomic E-state index is 12.5. The van der Waals surface area contributed by atoms with E-state index in [0.29, 0.717) is 11.6 Å². The molecule has 3 N–H and O–H groups in total. The summed E-state index contributed by atoms with van der Waals surface area (Å²) in [4.78, 5) is 18.2. The monoisotopic (exact) mass is 283 g/mol. The van der Waals surface area contributed by atoms with Crippen LogP contribution in [0.25, 0.3) is 0 Å². The maximum Gasteiger partial charge on any atom is 0.274 e. The van der Waals surface area contributed by atoms with Crippen LogP contribution in [0, 0.1) is 0 Å². The quantitative estimate of drug-likeness (QED) is 0.866. The minimum absolute atomic E-state index is 0.0360. The molecule has 19 heavy (non-hydrogen) atoms. The first-order valence-corrected chi connectivity index (χ1v) is 6.85. The Labute approximate surface area is 117 Å². The van der Waals surface area contributed by atoms with Gasteiger partial charge < -0.3 is 15.7 Å². The van der Waals surface area contributed by atoms with E-state index < -0.39 is 0 Å². The molecule has 104 valence electrons. The Kier molecular flexibility index (Phi) is 4.61. The molecular formula is C13H18ClN3O2. The average molecular weight is 284 g/mol. The third-order valence-corrected chi connectivity index (χ3v) is 3.72. The van der Waals surface area contributed by atoms with Crippen LogP contribution < -0.4 is 5.73 Å². The number of likely N-dealkylation sites (tertiary alicyclic amines) is 1. The van der Waals surface area contributed by atoms with Gasteiger partial charge in [-0.25, -0.2) is 4.98 Å². The van der Waals surface area contributed by atoms with Gasteiger partial charge in [0, 0.05) is 6.54 Å². The fourth-order valence-corrected chi connectivity index (χ4v) is 2.56. The number of aromatic nitrogens is 1. The van der Waals surface area contributed by atoms with E-state index in [1.165, 1.54) is 0 Å². The van der Waals surface area contributed by atoms with E-state index in [1.807, 2.05) is 0 Å². The molecule has 1 aliphatic rings. The van der Waals surface area contributed by atoms with Crippen molar-refractivity contribution in [2.75, 3.05) is 18.9 Å². The van der Waals surface area contributed by atoms with Crippen LogP contribution in [0.15, 0.2) is 12.1 Å². The summed E-state index contributed by atoms with van der Waals surface area (Å²) in [5.74, 6) is 0.0152. The zero-order valence-electron chi connectivity index (χ0n) is 10.7. The largest absolute Gasteiger partial charge is 0.394 e. The topological polar surface area (TPSA) is 79.5 Å². The van der Waals surface area contributed by atoms with Gasteiger partial charge in [-0.3, -0.25) is 4.79 Å². The summed E-state index contributed by atoms with van der Waals surface area (Å²) in [6.07, 6.45) is 3.83. The van der Waals surface area contributed by atoms with Crippen molar-refractivity contribution < 1.29 is 9.90 Å². The van der Waals surface area contributed by atoms with Crippen LogP contribution in [0.5, 0.6) is 0 Å². The van der Waals surface area contributed by atoms with Gasteiger partial charge in [0.05, 0.1) is 17.7 Å². The number of anilines is 1. The number of amides is 1. The number of aliphatic hydroxyl groups is 1. The molecular weight excluding hydrogens is 266 g/mol. The Morgan fingerprint density at radius 1 is 1.47 bits per heavy atom. The van der Waals surface area contributed by atoms with Crippen LogP contribution >= 0.6 is 11.6 Å². The summed E-state index contributed by atoms with van der Waals surface area (Å²) in [7, 11) is 0. The summed E-state index contributed by atoms with van der Waals surface area (Å²) in [6.45, 7) is 0.586. The SMILES string of the molecule is Nc1ccc(Cl)c(C(=O)N2CCCCCC2CO)n1. The van der Waals surface area contributed by atoms with Crippen molar-refractivity contribution in [2.45, 2.75) is 31.7 Å². The molecule has 0 bridgehead atoms. The number of aliphatic hydroxyl groups excluding tert-OH is 1. The third-order valence-electron chi connectivity index (χ3n) is 3.42. The number of pyridine rings is 1. The number of hydrogen-bond acceptors (Lipinski definition) is 4. The normalized spacial score (nSPS) is 20.1. The van der Waals surface area contributed by atoms with E-state index in [-0.39, 0.29) is 30.1 Å². The van der Waals surface area contributed by atoms with E-state index >= 15 is 0 Å². The highest BCUT2D eigenvalue weighted by molar-refractivity contribution is 6.33. The summed E-state index contributed by atoms with van der Waals surface area (Å²) >= 11 is 6.01. The van der Waals surface area contributed by atoms with Crippen LogP contribution in [0.1, 0.15) is 36.2 Å². The molecule has 0 aliphatic carbocycles. The zero-order valence-corrected chi connectivity index (χ0v) is 11.4. The number of rotatable bonds is 2. The number of carbonyl (C=O) groups is 1. The molecule has 1 saturated heterocycles. The van der Waals surface area contributed by atoms with Crippen molar-refractivity contribution in [3.8, 4) is 0 Å². The van der Waals surface area contributed by atoms with Crippen LogP contribution in [-0.2, 0) is 0 Å². The summed E-state index contributed by atoms with van der Waals surface area (Å²) in [5, 5.41) is 9.73. The van der Waals surface area contributed by atoms with Crippen LogP contribution in [0.2, 0.25) is 5.02 Å². The van der Waals surface area contributed by atoms with Gasteiger partial charge in [0.25, 0.3) is 5.91 Å². The van der Waals surface area contributed by atoms with Gasteiger partial charge in [-0.1, -0.05) is 24.4 Å². The van der Waals surface area contributed by atoms with E-state index in [2.05, 4.69) is 4.98 Å². The number of carbonyl (C=O) groups excluding carboxylic acids is 1. The van der Waals surface area contributed by atoms with Crippen molar-refractivity contribution in [2.24, 2.45) is 0 Å². The van der Waals surface area contributed by atoms with E-state index in [1.54, 1.807) is 17.0 Å². The number of hydrogen-bond donors (Lipinski definition) is 2. The lowest BCUT2D eigenvalue weighted by Gasteiger charge is -2.28. The number of halogens is 1. The molecule has 2 rings (SSSR count). The molecule has 0 aromatic carbocycles. The van der Waals surface area contributed by atoms with Crippen molar-refractivity contribution in [1.29, 1.82) is 0 Å². The van der Waals surface area contributed by atoms with Gasteiger partial charge in [-0.05, 0) is 25.0 Å². The highest BCUT2D eigenvalue weighted by Gasteiger charge is 2.27. The highest BCUT2D eigenvalue weighted by atomic mass is 35.5. The van der Waals surface area contributed by atoms with Gasteiger partial charge in [-0.15, -0.1) is 0 Å². The second-order valence-corrected chi connectivity index (χ2v) is 5.16. The third kappa shape index (κ3) is 3.16. The fraction of sp³-hybridized carbons (Fsp3) is 0.538. The van der Waals surface area contributed by atoms with Crippen LogP contribution in [-0.4, -0.2) is 40.1 Å². The van der Waals surface area contributed by atoms with Gasteiger partial charge >= 0.3 is 0 Å². The standard InChI is InChI=1S/C13H18ClN3O2/c14-10-5-6-11(15)16-12(10)13(19)17-7-3-1-2-4-9(17)8-18/h5-6,9,18H,1-4,7-8H2,(H2,15,16). The van der Waals surface area contributed by atoms with Crippen molar-refractivity contribution >= 4 is 23.3 Å². The van der Waals surface area contributed by atoms with E-state index in [4.69, 9.17) is 17.3 Å². The molecule has 1 fully saturated rings. The highest BCUT2D eigenvalue weighted by Crippen LogP contribution is 2.22. The van der Waals surface area contributed by atoms with Gasteiger partial charge in [-0.2, -0.15) is 0 Å². The number of nitrogen functional groups attached to an aromatic ring is 1. The molecule has 6 heteroatoms. The van der Waals surface area contributed by atoms with E-state index in [9.17, 15) is 9.90 Å². The Morgan fingerprint density at radius 3 is 3.00 bits per heavy atom. The van der Waals surface area contributed by atoms with Crippen molar-refractivity contribution in [3.05, 3.63) is 22.8 Å². The van der Waals surface area contributed by atoms with Gasteiger partial charge in [0.1, 0.15) is 11.5 Å². The van der Waals surface area contributed by atoms with Crippen LogP contribution in [0.4, 0.5) is 5.82 Å². The maximum absolute atomic E-state index is 12.5. The predicted octanol–water partition coefficient (Wildman–Crippen LogP) is 1.69. The second-order valence-electron chi connectivity index (χ2n) is 4.75. The Morgan fingerprint density at radius 2 is 2.26 bits per heavy atom. The van der Waals surface area contributed by atoms with Crippen molar-refractivity contribution in [1.82, 2.24) is 9.88 Å². The molecule has 0 saturated carbocycles. The first-order valence-electron chi connectivity index (χ1n) is 6.47. The van der Waals surface area contributed by atoms with Gasteiger partial charge in [0.15, 0.2) is 0 Å². The average Bonchev–Trinajstić information content (AvgIpc) is 2.65. The first-order chi connectivity index (χ1) is 9.13. The second kappa shape index (κ2) is 6.21. The molecule has 1 aromatic heterocycles. The molecule has 5 nitrogen and oxygen atoms in total. The first kappa shape index (κ1) is 14.1. The molecule has 0 radical (unpaired) electrons. The lowest BCUT2D eigenvalue weighted by atomic mass is 10.1. The summed E-state index contributed by atoms with van der Waals surface area (Å²) < 4.78 is 0. The molecule has 1 unspecified atom stereocenters. The molecule has 2 heterocycles. The van der Waals surface area contributed by atoms with Crippen molar-refractivity contribution in [3.63, 3.8) is 0 Å². The minimum atomic E-state index is -0.252. The molecule has 1 aromatic rings. The fourth-order valence-electron chi connectivity index (χ4n) is 2.38. The molecule has 0 spiro atoms. The predicted molar refractivity (Wildman–Crippen MR) is 74.0 cm³/mol. The van der Waals surface area contributed by atoms with E-state index in [0.717, 1.165) is 25.7 Å². The number of nitrogens with zero attached hydrogens (tertiary/aromatic N) is 2. The van der Waals surface area contributed by atoms with Gasteiger partial charge in [0.2, 0.25) is 0 Å². The Balaban J connectivity index is 2.27. The summed E-state index contributed by atoms with van der Waals surface area (Å²) in [6, 6.07) is 2.97. The molecule has 1 amide bonds. The summed E-state index contributed by atoms with van der Waals surface area (Å²) in [5.41, 5.74) is 5.77. The lowest BCUT2D eigenvalue weighted by Crippen LogP contribution is -2.42. The smallest absolute Gasteiger partial charge is 0.274 e. The molecule has 1 atom stereocenters. The molecule has 1 aliphatic heterocycles. The zero-order chi connectivity index (χ0) is 13.8. The Bertz CT molecular complexity index is 467. The minimum Gasteiger partial charge on any atom is -0.394 e.